The predicted octanol–water partition coefficient (Wildman–Crippen LogP) is 4.22. The first-order valence-corrected chi connectivity index (χ1v) is 5.93. The summed E-state index contributed by atoms with van der Waals surface area (Å²) in [5.41, 5.74) is 0.107. The minimum atomic E-state index is -0.503. The second kappa shape index (κ2) is 4.22. The van der Waals surface area contributed by atoms with Crippen LogP contribution in [0.2, 0.25) is 5.02 Å². The molecule has 0 N–H and O–H groups in total. The molecule has 0 saturated heterocycles. The third kappa shape index (κ3) is 2.58. The van der Waals surface area contributed by atoms with Crippen LogP contribution in [-0.2, 0) is 0 Å². The zero-order valence-electron chi connectivity index (χ0n) is 7.90. The Morgan fingerprint density at radius 1 is 1.53 bits per heavy atom. The summed E-state index contributed by atoms with van der Waals surface area (Å²) >= 11 is 8.93. The fourth-order valence-corrected chi connectivity index (χ4v) is 1.91. The summed E-state index contributed by atoms with van der Waals surface area (Å²) in [6, 6.07) is 2.63. The zero-order valence-corrected chi connectivity index (χ0v) is 10.2. The van der Waals surface area contributed by atoms with Crippen LogP contribution in [0.4, 0.5) is 4.39 Å². The lowest BCUT2D eigenvalue weighted by Crippen LogP contribution is -2.03. The molecule has 0 bridgehead atoms. The van der Waals surface area contributed by atoms with Gasteiger partial charge in [-0.05, 0) is 46.8 Å². The molecule has 0 radical (unpaired) electrons. The normalized spacial score (nSPS) is 15.4. The van der Waals surface area contributed by atoms with Crippen molar-refractivity contribution in [3.8, 4) is 0 Å². The van der Waals surface area contributed by atoms with Crippen molar-refractivity contribution in [2.24, 2.45) is 5.92 Å². The van der Waals surface area contributed by atoms with Crippen molar-refractivity contribution in [1.82, 2.24) is 0 Å². The largest absolute Gasteiger partial charge is 0.294 e. The Hall–Kier alpha value is -0.410. The molecule has 1 saturated carbocycles. The van der Waals surface area contributed by atoms with E-state index in [1.807, 2.05) is 0 Å². The highest BCUT2D eigenvalue weighted by molar-refractivity contribution is 9.10. The van der Waals surface area contributed by atoms with Gasteiger partial charge in [-0.25, -0.2) is 4.39 Å². The van der Waals surface area contributed by atoms with Gasteiger partial charge in [0.15, 0.2) is 5.78 Å². The Kier molecular flexibility index (Phi) is 3.12. The highest BCUT2D eigenvalue weighted by Gasteiger charge is 2.26. The van der Waals surface area contributed by atoms with Gasteiger partial charge in [0.05, 0.1) is 10.6 Å². The van der Waals surface area contributed by atoms with Crippen LogP contribution in [0.5, 0.6) is 0 Å². The molecule has 0 atom stereocenters. The van der Waals surface area contributed by atoms with Crippen molar-refractivity contribution < 1.29 is 9.18 Å². The molecule has 0 unspecified atom stereocenters. The molecule has 15 heavy (non-hydrogen) atoms. The molecule has 0 spiro atoms. The monoisotopic (exact) mass is 290 g/mol. The summed E-state index contributed by atoms with van der Waals surface area (Å²) in [5, 5.41) is 0.371. The van der Waals surface area contributed by atoms with Gasteiger partial charge in [-0.2, -0.15) is 0 Å². The number of halogens is 3. The van der Waals surface area contributed by atoms with Crippen molar-refractivity contribution in [2.45, 2.75) is 19.3 Å². The van der Waals surface area contributed by atoms with E-state index in [2.05, 4.69) is 15.9 Å². The molecular weight excluding hydrogens is 282 g/mol. The van der Waals surface area contributed by atoms with Gasteiger partial charge in [0.25, 0.3) is 0 Å². The van der Waals surface area contributed by atoms with Gasteiger partial charge in [-0.3, -0.25) is 4.79 Å². The minimum absolute atomic E-state index is 0.107. The molecule has 1 fully saturated rings. The number of carbonyl (C=O) groups excluding carboxylic acids is 1. The summed E-state index contributed by atoms with van der Waals surface area (Å²) in [6.45, 7) is 0. The fourth-order valence-electron chi connectivity index (χ4n) is 1.43. The Morgan fingerprint density at radius 2 is 2.20 bits per heavy atom. The number of benzene rings is 1. The number of rotatable bonds is 3. The lowest BCUT2D eigenvalue weighted by Gasteiger charge is -2.04. The van der Waals surface area contributed by atoms with E-state index in [1.54, 1.807) is 0 Å². The zero-order chi connectivity index (χ0) is 11.0. The highest BCUT2D eigenvalue weighted by Crippen LogP contribution is 2.34. The number of hydrogen-bond donors (Lipinski definition) is 0. The summed E-state index contributed by atoms with van der Waals surface area (Å²) in [7, 11) is 0. The van der Waals surface area contributed by atoms with Crippen molar-refractivity contribution in [3.05, 3.63) is 33.0 Å². The van der Waals surface area contributed by atoms with E-state index in [0.29, 0.717) is 21.8 Å². The first-order valence-electron chi connectivity index (χ1n) is 4.75. The molecule has 1 aliphatic rings. The smallest absolute Gasteiger partial charge is 0.166 e. The van der Waals surface area contributed by atoms with Crippen molar-refractivity contribution in [1.29, 1.82) is 0 Å². The van der Waals surface area contributed by atoms with Crippen molar-refractivity contribution in [3.63, 3.8) is 0 Å². The summed E-state index contributed by atoms with van der Waals surface area (Å²) in [6.07, 6.45) is 2.60. The third-order valence-corrected chi connectivity index (χ3v) is 3.68. The highest BCUT2D eigenvalue weighted by atomic mass is 79.9. The van der Waals surface area contributed by atoms with E-state index in [9.17, 15) is 9.18 Å². The number of hydrogen-bond acceptors (Lipinski definition) is 1. The van der Waals surface area contributed by atoms with E-state index in [0.717, 1.165) is 12.8 Å². The van der Waals surface area contributed by atoms with Gasteiger partial charge >= 0.3 is 0 Å². The molecule has 1 nitrogen and oxygen atoms in total. The standard InChI is InChI=1S/C11H9BrClFO/c12-8-5-10(14)7(4-9(8)13)11(15)3-6-1-2-6/h4-6H,1-3H2. The van der Waals surface area contributed by atoms with E-state index in [4.69, 9.17) is 11.6 Å². The van der Waals surface area contributed by atoms with Crippen LogP contribution in [0.15, 0.2) is 16.6 Å². The van der Waals surface area contributed by atoms with Gasteiger partial charge in [0.2, 0.25) is 0 Å². The Labute approximate surface area is 101 Å². The third-order valence-electron chi connectivity index (χ3n) is 2.48. The van der Waals surface area contributed by atoms with Crippen LogP contribution >= 0.6 is 27.5 Å². The molecule has 80 valence electrons. The molecule has 0 heterocycles. The Bertz CT molecular complexity index is 415. The van der Waals surface area contributed by atoms with E-state index >= 15 is 0 Å². The second-order valence-corrected chi connectivity index (χ2v) is 5.08. The second-order valence-electron chi connectivity index (χ2n) is 3.82. The molecule has 0 aromatic heterocycles. The summed E-state index contributed by atoms with van der Waals surface area (Å²) < 4.78 is 13.9. The Balaban J connectivity index is 2.25. The van der Waals surface area contributed by atoms with Crippen LogP contribution in [-0.4, -0.2) is 5.78 Å². The average Bonchev–Trinajstić information content (AvgIpc) is 2.95. The summed E-state index contributed by atoms with van der Waals surface area (Å²) in [4.78, 5) is 11.7. The maximum absolute atomic E-state index is 13.4. The first kappa shape index (κ1) is 11.1. The van der Waals surface area contributed by atoms with E-state index in [-0.39, 0.29) is 11.3 Å². The van der Waals surface area contributed by atoms with E-state index in [1.165, 1.54) is 12.1 Å². The van der Waals surface area contributed by atoms with E-state index < -0.39 is 5.82 Å². The number of Topliss-reactive ketones (excluding diaryl/α,β-unsaturated/α-hetero) is 1. The van der Waals surface area contributed by atoms with Crippen LogP contribution in [0.25, 0.3) is 0 Å². The molecular formula is C11H9BrClFO. The van der Waals surface area contributed by atoms with Crippen LogP contribution in [0.1, 0.15) is 29.6 Å². The van der Waals surface area contributed by atoms with Gasteiger partial charge < -0.3 is 0 Å². The quantitative estimate of drug-likeness (QED) is 0.602. The maximum Gasteiger partial charge on any atom is 0.166 e. The maximum atomic E-state index is 13.4. The molecule has 1 aliphatic carbocycles. The lowest BCUT2D eigenvalue weighted by atomic mass is 10.1. The number of ketones is 1. The van der Waals surface area contributed by atoms with Crippen LogP contribution in [0.3, 0.4) is 0 Å². The SMILES string of the molecule is O=C(CC1CC1)c1cc(Cl)c(Br)cc1F. The molecule has 2 rings (SSSR count). The molecule has 1 aromatic carbocycles. The van der Waals surface area contributed by atoms with Gasteiger partial charge in [-0.15, -0.1) is 0 Å². The van der Waals surface area contributed by atoms with Gasteiger partial charge in [0, 0.05) is 10.9 Å². The molecule has 4 heteroatoms. The van der Waals surface area contributed by atoms with Crippen LogP contribution < -0.4 is 0 Å². The summed E-state index contributed by atoms with van der Waals surface area (Å²) in [5.74, 6) is -0.194. The topological polar surface area (TPSA) is 17.1 Å². The van der Waals surface area contributed by atoms with Crippen molar-refractivity contribution in [2.75, 3.05) is 0 Å². The average molecular weight is 292 g/mol. The number of carbonyl (C=O) groups is 1. The first-order chi connectivity index (χ1) is 7.08. The molecule has 0 aliphatic heterocycles. The molecule has 0 amide bonds. The predicted molar refractivity (Wildman–Crippen MR) is 60.8 cm³/mol. The molecule has 1 aromatic rings. The van der Waals surface area contributed by atoms with Crippen LogP contribution in [0, 0.1) is 11.7 Å². The van der Waals surface area contributed by atoms with Gasteiger partial charge in [-0.1, -0.05) is 11.6 Å². The minimum Gasteiger partial charge on any atom is -0.294 e. The van der Waals surface area contributed by atoms with Crippen molar-refractivity contribution >= 4 is 33.3 Å². The fraction of sp³-hybridized carbons (Fsp3) is 0.364. The lowest BCUT2D eigenvalue weighted by molar-refractivity contribution is 0.0972. The van der Waals surface area contributed by atoms with Gasteiger partial charge in [0.1, 0.15) is 5.82 Å². The Morgan fingerprint density at radius 3 is 2.80 bits per heavy atom.